The summed E-state index contributed by atoms with van der Waals surface area (Å²) >= 11 is 7.61. The average Bonchev–Trinajstić information content (AvgIpc) is 2.50. The molecule has 0 aliphatic carbocycles. The van der Waals surface area contributed by atoms with E-state index in [-0.39, 0.29) is 12.4 Å². The van der Waals surface area contributed by atoms with E-state index in [0.29, 0.717) is 11.6 Å². The monoisotopic (exact) mass is 323 g/mol. The van der Waals surface area contributed by atoms with Crippen LogP contribution in [0.1, 0.15) is 12.0 Å². The van der Waals surface area contributed by atoms with Crippen LogP contribution >= 0.6 is 23.4 Å². The molecule has 0 bridgehead atoms. The smallest absolute Gasteiger partial charge is 0.139 e. The molecule has 0 aromatic heterocycles. The molecule has 0 aliphatic heterocycles. The van der Waals surface area contributed by atoms with Gasteiger partial charge in [0.1, 0.15) is 5.75 Å². The predicted octanol–water partition coefficient (Wildman–Crippen LogP) is 4.13. The van der Waals surface area contributed by atoms with E-state index in [0.717, 1.165) is 23.4 Å². The number of aliphatic hydroxyl groups is 1. The second-order valence-electron chi connectivity index (χ2n) is 4.55. The Bertz CT molecular complexity index is 575. The molecule has 0 heterocycles. The van der Waals surface area contributed by atoms with Crippen LogP contribution in [0.2, 0.25) is 5.02 Å². The number of phenolic OH excluding ortho intramolecular Hbond substituents is 1. The number of hydrogen-bond acceptors (Lipinski definition) is 4. The molecule has 0 aliphatic rings. The van der Waals surface area contributed by atoms with Crippen molar-refractivity contribution in [2.45, 2.75) is 17.9 Å². The molecule has 0 saturated heterocycles. The normalized spacial score (nSPS) is 10.6. The Hall–Kier alpha value is -1.36. The van der Waals surface area contributed by atoms with Crippen molar-refractivity contribution in [2.24, 2.45) is 0 Å². The van der Waals surface area contributed by atoms with E-state index in [1.54, 1.807) is 17.8 Å². The van der Waals surface area contributed by atoms with Gasteiger partial charge in [0.25, 0.3) is 0 Å². The molecule has 2 rings (SSSR count). The summed E-state index contributed by atoms with van der Waals surface area (Å²) in [6.07, 6.45) is 0.804. The van der Waals surface area contributed by atoms with Gasteiger partial charge in [0.2, 0.25) is 0 Å². The van der Waals surface area contributed by atoms with Crippen molar-refractivity contribution in [2.75, 3.05) is 17.7 Å². The van der Waals surface area contributed by atoms with Crippen LogP contribution in [0.4, 0.5) is 5.69 Å². The van der Waals surface area contributed by atoms with Crippen molar-refractivity contribution >= 4 is 29.1 Å². The van der Waals surface area contributed by atoms with Crippen molar-refractivity contribution in [3.05, 3.63) is 53.1 Å². The molecule has 0 atom stereocenters. The van der Waals surface area contributed by atoms with Crippen molar-refractivity contribution in [3.8, 4) is 5.75 Å². The Labute approximate surface area is 134 Å². The summed E-state index contributed by atoms with van der Waals surface area (Å²) in [5.74, 6) is 1.04. The van der Waals surface area contributed by atoms with Gasteiger partial charge in [0.05, 0.1) is 5.02 Å². The Kier molecular flexibility index (Phi) is 6.23. The highest BCUT2D eigenvalue weighted by Crippen LogP contribution is 2.28. The van der Waals surface area contributed by atoms with Gasteiger partial charge >= 0.3 is 0 Å². The summed E-state index contributed by atoms with van der Waals surface area (Å²) in [7, 11) is 0. The van der Waals surface area contributed by atoms with Gasteiger partial charge in [-0.15, -0.1) is 11.8 Å². The molecule has 3 N–H and O–H groups in total. The Morgan fingerprint density at radius 2 is 1.86 bits per heavy atom. The van der Waals surface area contributed by atoms with Crippen LogP contribution in [0.15, 0.2) is 47.4 Å². The number of aliphatic hydroxyl groups excluding tert-OH is 1. The lowest BCUT2D eigenvalue weighted by Gasteiger charge is -2.09. The minimum atomic E-state index is 0.128. The van der Waals surface area contributed by atoms with Gasteiger partial charge in [0, 0.05) is 35.1 Å². The van der Waals surface area contributed by atoms with Crippen LogP contribution in [0.5, 0.6) is 5.75 Å². The van der Waals surface area contributed by atoms with Crippen molar-refractivity contribution < 1.29 is 10.2 Å². The quantitative estimate of drug-likeness (QED) is 0.529. The highest BCUT2D eigenvalue weighted by Gasteiger charge is 2.04. The number of thioether (sulfide) groups is 1. The van der Waals surface area contributed by atoms with E-state index in [1.807, 2.05) is 36.4 Å². The summed E-state index contributed by atoms with van der Waals surface area (Å²) in [6, 6.07) is 13.4. The molecule has 0 unspecified atom stereocenters. The Morgan fingerprint density at radius 3 is 2.57 bits per heavy atom. The summed E-state index contributed by atoms with van der Waals surface area (Å²) in [5, 5.41) is 22.2. The largest absolute Gasteiger partial charge is 0.506 e. The molecule has 0 saturated carbocycles. The molecule has 112 valence electrons. The highest BCUT2D eigenvalue weighted by atomic mass is 35.5. The van der Waals surface area contributed by atoms with Gasteiger partial charge < -0.3 is 15.5 Å². The number of aromatic hydroxyl groups is 1. The number of halogens is 1. The fourth-order valence-corrected chi connectivity index (χ4v) is 2.86. The second kappa shape index (κ2) is 8.17. The Balaban J connectivity index is 1.90. The number of benzene rings is 2. The third-order valence-electron chi connectivity index (χ3n) is 2.98. The van der Waals surface area contributed by atoms with Crippen LogP contribution in [0.25, 0.3) is 0 Å². The van der Waals surface area contributed by atoms with Crippen LogP contribution in [0, 0.1) is 0 Å². The van der Waals surface area contributed by atoms with Crippen molar-refractivity contribution in [1.82, 2.24) is 0 Å². The molecular formula is C16H18ClNO2S. The molecule has 0 radical (unpaired) electrons. The van der Waals surface area contributed by atoms with Crippen LogP contribution in [0.3, 0.4) is 0 Å². The SMILES string of the molecule is OCCCSc1ccc(NCc2cccc(Cl)c2O)cc1. The van der Waals surface area contributed by atoms with E-state index in [9.17, 15) is 5.11 Å². The fraction of sp³-hybridized carbons (Fsp3) is 0.250. The van der Waals surface area contributed by atoms with Gasteiger partial charge in [-0.1, -0.05) is 23.7 Å². The lowest BCUT2D eigenvalue weighted by molar-refractivity contribution is 0.296. The topological polar surface area (TPSA) is 52.5 Å². The zero-order valence-corrected chi connectivity index (χ0v) is 13.1. The number of para-hydroxylation sites is 1. The number of nitrogens with one attached hydrogen (secondary N) is 1. The third kappa shape index (κ3) is 4.84. The van der Waals surface area contributed by atoms with Crippen LogP contribution in [-0.4, -0.2) is 22.6 Å². The second-order valence-corrected chi connectivity index (χ2v) is 6.13. The molecule has 21 heavy (non-hydrogen) atoms. The maximum absolute atomic E-state index is 9.84. The standard InChI is InChI=1S/C16H18ClNO2S/c17-15-4-1-3-12(16(15)20)11-18-13-5-7-14(8-6-13)21-10-2-9-19/h1,3-8,18-20H,2,9-11H2. The zero-order valence-electron chi connectivity index (χ0n) is 11.6. The minimum Gasteiger partial charge on any atom is -0.506 e. The van der Waals surface area contributed by atoms with Crippen LogP contribution < -0.4 is 5.32 Å². The first-order chi connectivity index (χ1) is 10.2. The Morgan fingerprint density at radius 1 is 1.10 bits per heavy atom. The maximum atomic E-state index is 9.84. The van der Waals surface area contributed by atoms with E-state index >= 15 is 0 Å². The zero-order chi connectivity index (χ0) is 15.1. The first kappa shape index (κ1) is 16.0. The third-order valence-corrected chi connectivity index (χ3v) is 4.38. The van der Waals surface area contributed by atoms with E-state index in [2.05, 4.69) is 5.32 Å². The average molecular weight is 324 g/mol. The van der Waals surface area contributed by atoms with Crippen molar-refractivity contribution in [1.29, 1.82) is 0 Å². The molecule has 2 aromatic rings. The van der Waals surface area contributed by atoms with E-state index in [4.69, 9.17) is 16.7 Å². The van der Waals surface area contributed by atoms with Crippen LogP contribution in [-0.2, 0) is 6.54 Å². The number of rotatable bonds is 7. The first-order valence-corrected chi connectivity index (χ1v) is 8.11. The van der Waals surface area contributed by atoms with Gasteiger partial charge in [-0.2, -0.15) is 0 Å². The lowest BCUT2D eigenvalue weighted by Crippen LogP contribution is -1.99. The number of hydrogen-bond donors (Lipinski definition) is 3. The molecule has 5 heteroatoms. The van der Waals surface area contributed by atoms with Gasteiger partial charge in [-0.3, -0.25) is 0 Å². The summed E-state index contributed by atoms with van der Waals surface area (Å²) < 4.78 is 0. The molecule has 0 spiro atoms. The predicted molar refractivity (Wildman–Crippen MR) is 89.3 cm³/mol. The summed E-state index contributed by atoms with van der Waals surface area (Å²) in [4.78, 5) is 1.18. The summed E-state index contributed by atoms with van der Waals surface area (Å²) in [6.45, 7) is 0.749. The van der Waals surface area contributed by atoms with E-state index < -0.39 is 0 Å². The number of phenols is 1. The maximum Gasteiger partial charge on any atom is 0.139 e. The molecule has 0 fully saturated rings. The molecule has 2 aromatic carbocycles. The molecular weight excluding hydrogens is 306 g/mol. The van der Waals surface area contributed by atoms with Gasteiger partial charge in [-0.25, -0.2) is 0 Å². The minimum absolute atomic E-state index is 0.128. The van der Waals surface area contributed by atoms with E-state index in [1.165, 1.54) is 4.90 Å². The molecule has 3 nitrogen and oxygen atoms in total. The van der Waals surface area contributed by atoms with Crippen molar-refractivity contribution in [3.63, 3.8) is 0 Å². The lowest BCUT2D eigenvalue weighted by atomic mass is 10.2. The summed E-state index contributed by atoms with van der Waals surface area (Å²) in [5.41, 5.74) is 1.75. The van der Waals surface area contributed by atoms with Gasteiger partial charge in [-0.05, 0) is 36.8 Å². The van der Waals surface area contributed by atoms with Gasteiger partial charge in [0.15, 0.2) is 0 Å². The molecule has 0 amide bonds. The number of anilines is 1. The fourth-order valence-electron chi connectivity index (χ4n) is 1.82. The first-order valence-electron chi connectivity index (χ1n) is 6.74. The highest BCUT2D eigenvalue weighted by molar-refractivity contribution is 7.99.